The second-order valence-corrected chi connectivity index (χ2v) is 2.56. The maximum Gasteiger partial charge on any atom is 0.422 e. The molecule has 1 rings (SSSR count). The minimum Gasteiger partial charge on any atom is -0.482 e. The quantitative estimate of drug-likeness (QED) is 0.923. The molecule has 8 heteroatoms. The number of hydrogen-bond acceptors (Lipinski definition) is 3. The van der Waals surface area contributed by atoms with Crippen LogP contribution in [0.25, 0.3) is 0 Å². The fraction of sp³-hybridized carbons (Fsp3) is 0.375. The highest BCUT2D eigenvalue weighted by Gasteiger charge is 2.28. The Hall–Kier alpha value is -0.720. The van der Waals surface area contributed by atoms with E-state index in [0.29, 0.717) is 5.69 Å². The van der Waals surface area contributed by atoms with Crippen LogP contribution in [0.2, 0.25) is 0 Å². The third-order valence-corrected chi connectivity index (χ3v) is 1.43. The minimum atomic E-state index is -4.35. The van der Waals surface area contributed by atoms with Gasteiger partial charge in [0.25, 0.3) is 0 Å². The van der Waals surface area contributed by atoms with Gasteiger partial charge in [0.2, 0.25) is 0 Å². The Bertz CT molecular complexity index is 310. The molecule has 0 amide bonds. The smallest absolute Gasteiger partial charge is 0.422 e. The van der Waals surface area contributed by atoms with Crippen molar-refractivity contribution in [2.24, 2.45) is 5.73 Å². The molecule has 0 unspecified atom stereocenters. The summed E-state index contributed by atoms with van der Waals surface area (Å²) < 4.78 is 39.9. The van der Waals surface area contributed by atoms with E-state index in [9.17, 15) is 13.2 Å². The van der Waals surface area contributed by atoms with E-state index in [1.54, 1.807) is 0 Å². The Morgan fingerprint density at radius 2 is 1.94 bits per heavy atom. The molecule has 3 nitrogen and oxygen atoms in total. The summed E-state index contributed by atoms with van der Waals surface area (Å²) in [6, 6.07) is 2.89. The highest BCUT2D eigenvalue weighted by molar-refractivity contribution is 5.85. The molecule has 0 aliphatic rings. The fourth-order valence-corrected chi connectivity index (χ4v) is 0.868. The van der Waals surface area contributed by atoms with E-state index in [4.69, 9.17) is 5.73 Å². The number of rotatable bonds is 3. The molecule has 1 aromatic heterocycles. The average Bonchev–Trinajstić information content (AvgIpc) is 2.14. The van der Waals surface area contributed by atoms with Gasteiger partial charge in [0.15, 0.2) is 6.61 Å². The SMILES string of the molecule is Cl.Cl.NCc1ncccc1OCC(F)(F)F. The van der Waals surface area contributed by atoms with Crippen molar-refractivity contribution in [2.75, 3.05) is 6.61 Å². The molecule has 2 N–H and O–H groups in total. The largest absolute Gasteiger partial charge is 0.482 e. The first-order valence-electron chi connectivity index (χ1n) is 3.86. The summed E-state index contributed by atoms with van der Waals surface area (Å²) >= 11 is 0. The topological polar surface area (TPSA) is 48.1 Å². The lowest BCUT2D eigenvalue weighted by atomic mass is 10.3. The van der Waals surface area contributed by atoms with Crippen LogP contribution in [0.1, 0.15) is 5.69 Å². The van der Waals surface area contributed by atoms with E-state index in [1.165, 1.54) is 18.3 Å². The molecule has 0 fully saturated rings. The van der Waals surface area contributed by atoms with Crippen LogP contribution in [-0.2, 0) is 6.54 Å². The van der Waals surface area contributed by atoms with Crippen LogP contribution in [0.4, 0.5) is 13.2 Å². The number of nitrogens with two attached hydrogens (primary N) is 1. The van der Waals surface area contributed by atoms with Gasteiger partial charge in [-0.3, -0.25) is 4.98 Å². The summed E-state index contributed by atoms with van der Waals surface area (Å²) in [5, 5.41) is 0. The Balaban J connectivity index is 0. The molecule has 1 aromatic rings. The molecule has 0 radical (unpaired) electrons. The Kier molecular flexibility index (Phi) is 8.32. The maximum absolute atomic E-state index is 11.8. The van der Waals surface area contributed by atoms with E-state index in [1.807, 2.05) is 0 Å². The third kappa shape index (κ3) is 5.99. The zero-order chi connectivity index (χ0) is 10.6. The van der Waals surface area contributed by atoms with E-state index < -0.39 is 12.8 Å². The van der Waals surface area contributed by atoms with Gasteiger partial charge < -0.3 is 10.5 Å². The van der Waals surface area contributed by atoms with Gasteiger partial charge in [-0.15, -0.1) is 24.8 Å². The molecule has 0 saturated carbocycles. The molecule has 0 atom stereocenters. The molecule has 0 bridgehead atoms. The lowest BCUT2D eigenvalue weighted by Gasteiger charge is -2.10. The molecule has 1 heterocycles. The molecular formula is C8H11Cl2F3N2O. The van der Waals surface area contributed by atoms with E-state index >= 15 is 0 Å². The summed E-state index contributed by atoms with van der Waals surface area (Å²) in [5.74, 6) is 0.0762. The molecule has 16 heavy (non-hydrogen) atoms. The van der Waals surface area contributed by atoms with Gasteiger partial charge in [0, 0.05) is 12.7 Å². The molecule has 0 aliphatic heterocycles. The van der Waals surface area contributed by atoms with Gasteiger partial charge in [-0.05, 0) is 12.1 Å². The summed E-state index contributed by atoms with van der Waals surface area (Å²) in [7, 11) is 0. The van der Waals surface area contributed by atoms with E-state index in [-0.39, 0.29) is 37.1 Å². The van der Waals surface area contributed by atoms with Crippen molar-refractivity contribution in [3.8, 4) is 5.75 Å². The van der Waals surface area contributed by atoms with Crippen LogP contribution in [-0.4, -0.2) is 17.8 Å². The number of ether oxygens (including phenoxy) is 1. The van der Waals surface area contributed by atoms with Gasteiger partial charge in [-0.1, -0.05) is 0 Å². The van der Waals surface area contributed by atoms with Crippen LogP contribution >= 0.6 is 24.8 Å². The molecular weight excluding hydrogens is 268 g/mol. The van der Waals surface area contributed by atoms with Gasteiger partial charge >= 0.3 is 6.18 Å². The number of nitrogens with zero attached hydrogens (tertiary/aromatic N) is 1. The van der Waals surface area contributed by atoms with Crippen molar-refractivity contribution in [2.45, 2.75) is 12.7 Å². The number of aromatic nitrogens is 1. The van der Waals surface area contributed by atoms with Crippen molar-refractivity contribution in [1.82, 2.24) is 4.98 Å². The number of pyridine rings is 1. The van der Waals surface area contributed by atoms with Crippen LogP contribution in [0.5, 0.6) is 5.75 Å². The molecule has 0 spiro atoms. The highest BCUT2D eigenvalue weighted by Crippen LogP contribution is 2.20. The van der Waals surface area contributed by atoms with Gasteiger partial charge in [0.1, 0.15) is 5.75 Å². The predicted octanol–water partition coefficient (Wildman–Crippen LogP) is 2.33. The summed E-state index contributed by atoms with van der Waals surface area (Å²) in [6.45, 7) is -1.28. The fourth-order valence-electron chi connectivity index (χ4n) is 0.868. The average molecular weight is 279 g/mol. The number of halogens is 5. The third-order valence-electron chi connectivity index (χ3n) is 1.43. The maximum atomic E-state index is 11.8. The Labute approximate surface area is 103 Å². The van der Waals surface area contributed by atoms with Gasteiger partial charge in [0.05, 0.1) is 5.69 Å². The van der Waals surface area contributed by atoms with Gasteiger partial charge in [-0.25, -0.2) is 0 Å². The first-order chi connectivity index (χ1) is 6.53. The first kappa shape index (κ1) is 17.7. The summed E-state index contributed by atoms with van der Waals surface area (Å²) in [4.78, 5) is 3.78. The standard InChI is InChI=1S/C8H9F3N2O.2ClH/c9-8(10,11)5-14-7-2-1-3-13-6(7)4-12;;/h1-3H,4-5,12H2;2*1H. The number of alkyl halides is 3. The predicted molar refractivity (Wildman–Crippen MR) is 58.2 cm³/mol. The molecule has 94 valence electrons. The van der Waals surface area contributed by atoms with Gasteiger partial charge in [-0.2, -0.15) is 13.2 Å². The first-order valence-corrected chi connectivity index (χ1v) is 3.86. The van der Waals surface area contributed by atoms with Crippen molar-refractivity contribution in [3.05, 3.63) is 24.0 Å². The lowest BCUT2D eigenvalue weighted by molar-refractivity contribution is -0.153. The van der Waals surface area contributed by atoms with Crippen LogP contribution in [0.3, 0.4) is 0 Å². The molecule has 0 aromatic carbocycles. The summed E-state index contributed by atoms with van der Waals surface area (Å²) in [6.07, 6.45) is -2.90. The zero-order valence-corrected chi connectivity index (χ0v) is 9.66. The monoisotopic (exact) mass is 278 g/mol. The number of hydrogen-bond donors (Lipinski definition) is 1. The molecule has 0 aliphatic carbocycles. The Morgan fingerprint density at radius 1 is 1.31 bits per heavy atom. The normalized spacial score (nSPS) is 10.0. The lowest BCUT2D eigenvalue weighted by Crippen LogP contribution is -2.20. The van der Waals surface area contributed by atoms with E-state index in [0.717, 1.165) is 0 Å². The van der Waals surface area contributed by atoms with E-state index in [2.05, 4.69) is 9.72 Å². The zero-order valence-electron chi connectivity index (χ0n) is 8.03. The van der Waals surface area contributed by atoms with Crippen LogP contribution in [0, 0.1) is 0 Å². The molecule has 0 saturated heterocycles. The van der Waals surface area contributed by atoms with Crippen molar-refractivity contribution in [1.29, 1.82) is 0 Å². The van der Waals surface area contributed by atoms with Crippen LogP contribution in [0.15, 0.2) is 18.3 Å². The van der Waals surface area contributed by atoms with Crippen molar-refractivity contribution < 1.29 is 17.9 Å². The second-order valence-electron chi connectivity index (χ2n) is 2.56. The van der Waals surface area contributed by atoms with Crippen molar-refractivity contribution in [3.63, 3.8) is 0 Å². The second kappa shape index (κ2) is 7.54. The summed E-state index contributed by atoms with van der Waals surface area (Å²) in [5.41, 5.74) is 5.58. The minimum absolute atomic E-state index is 0. The Morgan fingerprint density at radius 3 is 2.44 bits per heavy atom. The highest BCUT2D eigenvalue weighted by atomic mass is 35.5. The van der Waals surface area contributed by atoms with Crippen molar-refractivity contribution >= 4 is 24.8 Å². The van der Waals surface area contributed by atoms with Crippen LogP contribution < -0.4 is 10.5 Å².